The number of fused-ring (bicyclic) bond motifs is 1. The molecule has 3 rings (SSSR count). The van der Waals surface area contributed by atoms with Crippen LogP contribution in [-0.2, 0) is 15.0 Å². The summed E-state index contributed by atoms with van der Waals surface area (Å²) < 4.78 is 1.35. The molecule has 2 amide bonds. The fourth-order valence-electron chi connectivity index (χ4n) is 2.74. The SMILES string of the molecule is B[C@]1(n2cnc3ccccc3c2=O)CCC(=O)N(C)C1=O. The van der Waals surface area contributed by atoms with Gasteiger partial charge < -0.3 is 0 Å². The number of benzene rings is 1. The van der Waals surface area contributed by atoms with E-state index < -0.39 is 5.44 Å². The number of amides is 2. The van der Waals surface area contributed by atoms with Crippen molar-refractivity contribution in [1.82, 2.24) is 14.5 Å². The maximum absolute atomic E-state index is 12.6. The highest BCUT2D eigenvalue weighted by Crippen LogP contribution is 2.26. The summed E-state index contributed by atoms with van der Waals surface area (Å²) in [4.78, 5) is 42.1. The number of aromatic nitrogens is 2. The Kier molecular flexibility index (Phi) is 2.93. The Morgan fingerprint density at radius 1 is 1.24 bits per heavy atom. The molecule has 1 aliphatic heterocycles. The van der Waals surface area contributed by atoms with Gasteiger partial charge in [0.15, 0.2) is 0 Å². The highest BCUT2D eigenvalue weighted by Gasteiger charge is 2.44. The Hall–Kier alpha value is -2.44. The predicted molar refractivity (Wildman–Crippen MR) is 79.5 cm³/mol. The number of likely N-dealkylation sites (N-methyl/N-ethyl adjacent to an activating group) is 1. The molecule has 1 fully saturated rings. The van der Waals surface area contributed by atoms with Gasteiger partial charge in [-0.15, -0.1) is 0 Å². The van der Waals surface area contributed by atoms with Crippen LogP contribution in [0.15, 0.2) is 35.4 Å². The molecule has 7 heteroatoms. The number of imide groups is 1. The third-order valence-electron chi connectivity index (χ3n) is 4.16. The van der Waals surface area contributed by atoms with Crippen molar-refractivity contribution in [2.24, 2.45) is 0 Å². The number of hydrogen-bond acceptors (Lipinski definition) is 4. The van der Waals surface area contributed by atoms with Crippen LogP contribution in [0.1, 0.15) is 12.8 Å². The lowest BCUT2D eigenvalue weighted by molar-refractivity contribution is -0.151. The van der Waals surface area contributed by atoms with Gasteiger partial charge in [0, 0.05) is 13.5 Å². The van der Waals surface area contributed by atoms with Gasteiger partial charge in [-0.05, 0) is 18.6 Å². The van der Waals surface area contributed by atoms with Crippen LogP contribution in [0.3, 0.4) is 0 Å². The van der Waals surface area contributed by atoms with Crippen molar-refractivity contribution in [3.63, 3.8) is 0 Å². The minimum Gasteiger partial charge on any atom is -0.292 e. The zero-order chi connectivity index (χ0) is 15.2. The van der Waals surface area contributed by atoms with Gasteiger partial charge in [0.05, 0.1) is 22.7 Å². The molecule has 0 aliphatic carbocycles. The predicted octanol–water partition coefficient (Wildman–Crippen LogP) is -0.539. The van der Waals surface area contributed by atoms with Gasteiger partial charge in [0.2, 0.25) is 11.8 Å². The average Bonchev–Trinajstić information content (AvgIpc) is 2.50. The first-order valence-electron chi connectivity index (χ1n) is 6.73. The topological polar surface area (TPSA) is 72.3 Å². The van der Waals surface area contributed by atoms with Crippen LogP contribution in [0.25, 0.3) is 10.9 Å². The lowest BCUT2D eigenvalue weighted by Gasteiger charge is -2.37. The molecule has 0 unspecified atom stereocenters. The number of piperidine rings is 1. The molecule has 0 saturated carbocycles. The largest absolute Gasteiger partial charge is 0.292 e. The van der Waals surface area contributed by atoms with E-state index in [2.05, 4.69) is 4.98 Å². The quantitative estimate of drug-likeness (QED) is 0.520. The molecular weight excluding hydrogens is 269 g/mol. The normalized spacial score (nSPS) is 22.8. The fourth-order valence-corrected chi connectivity index (χ4v) is 2.74. The van der Waals surface area contributed by atoms with Gasteiger partial charge in [0.25, 0.3) is 5.56 Å². The summed E-state index contributed by atoms with van der Waals surface area (Å²) >= 11 is 0. The van der Waals surface area contributed by atoms with Gasteiger partial charge in [-0.1, -0.05) is 12.1 Å². The van der Waals surface area contributed by atoms with Crippen molar-refractivity contribution in [1.29, 1.82) is 0 Å². The maximum atomic E-state index is 12.6. The zero-order valence-electron chi connectivity index (χ0n) is 11.9. The van der Waals surface area contributed by atoms with Crippen molar-refractivity contribution < 1.29 is 9.59 Å². The van der Waals surface area contributed by atoms with Crippen LogP contribution < -0.4 is 5.56 Å². The minimum absolute atomic E-state index is 0.223. The molecule has 6 nitrogen and oxygen atoms in total. The molecule has 0 N–H and O–H groups in total. The molecule has 2 aromatic rings. The first kappa shape index (κ1) is 13.5. The number of rotatable bonds is 1. The van der Waals surface area contributed by atoms with E-state index in [9.17, 15) is 14.4 Å². The Morgan fingerprint density at radius 3 is 2.71 bits per heavy atom. The van der Waals surface area contributed by atoms with E-state index in [0.29, 0.717) is 17.3 Å². The van der Waals surface area contributed by atoms with Gasteiger partial charge in [0.1, 0.15) is 7.85 Å². The first-order valence-corrected chi connectivity index (χ1v) is 6.73. The average molecular weight is 283 g/mol. The standard InChI is InChI=1S/C14H14BN3O3/c1-17-11(19)6-7-14(15,13(17)21)18-8-16-10-5-3-2-4-9(10)12(18)20/h2-5,8H,6-7,15H2,1H3/t14-/m0/s1. The molecule has 1 aliphatic rings. The van der Waals surface area contributed by atoms with E-state index >= 15 is 0 Å². The summed E-state index contributed by atoms with van der Waals surface area (Å²) in [6.45, 7) is 0. The molecule has 2 heterocycles. The number of hydrogen-bond donors (Lipinski definition) is 0. The number of para-hydroxylation sites is 1. The summed E-state index contributed by atoms with van der Waals surface area (Å²) in [6, 6.07) is 7.00. The summed E-state index contributed by atoms with van der Waals surface area (Å²) in [5.74, 6) is -0.600. The van der Waals surface area contributed by atoms with Crippen LogP contribution in [0.2, 0.25) is 0 Å². The summed E-state index contributed by atoms with van der Waals surface area (Å²) in [6.07, 6.45) is 1.93. The van der Waals surface area contributed by atoms with Gasteiger partial charge in [-0.3, -0.25) is 23.9 Å². The van der Waals surface area contributed by atoms with E-state index in [1.54, 1.807) is 32.1 Å². The highest BCUT2D eigenvalue weighted by atomic mass is 16.2. The second-order valence-corrected chi connectivity index (χ2v) is 5.47. The number of likely N-dealkylation sites (tertiary alicyclic amines) is 1. The lowest BCUT2D eigenvalue weighted by atomic mass is 9.70. The van der Waals surface area contributed by atoms with E-state index in [1.807, 2.05) is 0 Å². The van der Waals surface area contributed by atoms with E-state index in [1.165, 1.54) is 17.9 Å². The second kappa shape index (κ2) is 4.54. The molecule has 21 heavy (non-hydrogen) atoms. The maximum Gasteiger partial charge on any atom is 0.261 e. The van der Waals surface area contributed by atoms with Crippen LogP contribution in [0, 0.1) is 0 Å². The van der Waals surface area contributed by atoms with E-state index in [-0.39, 0.29) is 23.8 Å². The van der Waals surface area contributed by atoms with E-state index in [0.717, 1.165) is 4.90 Å². The van der Waals surface area contributed by atoms with E-state index in [4.69, 9.17) is 0 Å². The smallest absolute Gasteiger partial charge is 0.261 e. The molecule has 1 saturated heterocycles. The third kappa shape index (κ3) is 1.88. The molecule has 0 spiro atoms. The van der Waals surface area contributed by atoms with Crippen LogP contribution in [0.5, 0.6) is 0 Å². The third-order valence-corrected chi connectivity index (χ3v) is 4.16. The summed E-state index contributed by atoms with van der Waals surface area (Å²) in [7, 11) is 3.12. The Bertz CT molecular complexity index is 816. The molecule has 1 aromatic carbocycles. The number of carbonyl (C=O) groups excluding carboxylic acids is 2. The Balaban J connectivity index is 2.20. The molecule has 0 radical (unpaired) electrons. The van der Waals surface area contributed by atoms with Crippen molar-refractivity contribution in [3.05, 3.63) is 40.9 Å². The minimum atomic E-state index is -1.07. The second-order valence-electron chi connectivity index (χ2n) is 5.47. The molecule has 106 valence electrons. The Labute approximate surface area is 121 Å². The van der Waals surface area contributed by atoms with Crippen LogP contribution in [0.4, 0.5) is 0 Å². The van der Waals surface area contributed by atoms with Gasteiger partial charge >= 0.3 is 0 Å². The monoisotopic (exact) mass is 283 g/mol. The lowest BCUT2D eigenvalue weighted by Crippen LogP contribution is -2.58. The van der Waals surface area contributed by atoms with Gasteiger partial charge in [-0.25, -0.2) is 4.98 Å². The van der Waals surface area contributed by atoms with Crippen molar-refractivity contribution >= 4 is 30.6 Å². The first-order chi connectivity index (χ1) is 9.95. The molecule has 0 bridgehead atoms. The van der Waals surface area contributed by atoms with Crippen molar-refractivity contribution in [3.8, 4) is 0 Å². The Morgan fingerprint density at radius 2 is 1.95 bits per heavy atom. The number of nitrogens with zero attached hydrogens (tertiary/aromatic N) is 3. The van der Waals surface area contributed by atoms with Crippen molar-refractivity contribution in [2.45, 2.75) is 18.3 Å². The molecule has 1 aromatic heterocycles. The summed E-state index contributed by atoms with van der Waals surface area (Å²) in [5, 5.41) is 0.466. The molecule has 1 atom stereocenters. The van der Waals surface area contributed by atoms with Gasteiger partial charge in [-0.2, -0.15) is 0 Å². The van der Waals surface area contributed by atoms with Crippen molar-refractivity contribution in [2.75, 3.05) is 7.05 Å². The highest BCUT2D eigenvalue weighted by molar-refractivity contribution is 6.28. The zero-order valence-corrected chi connectivity index (χ0v) is 11.9. The van der Waals surface area contributed by atoms with Crippen LogP contribution in [-0.4, -0.2) is 41.2 Å². The van der Waals surface area contributed by atoms with Crippen LogP contribution >= 0.6 is 0 Å². The number of carbonyl (C=O) groups is 2. The molecular formula is C14H14BN3O3. The summed E-state index contributed by atoms with van der Waals surface area (Å²) in [5.41, 5.74) is -0.745. The fraction of sp³-hybridized carbons (Fsp3) is 0.286.